The Hall–Kier alpha value is -3.01. The lowest BCUT2D eigenvalue weighted by Crippen LogP contribution is -2.40. The van der Waals surface area contributed by atoms with Crippen molar-refractivity contribution in [1.29, 1.82) is 0 Å². The molecule has 0 bridgehead atoms. The molecule has 1 aliphatic heterocycles. The number of hydrogen-bond acceptors (Lipinski definition) is 8. The molecule has 3 aromatic rings. The number of thiazole rings is 1. The number of methoxy groups -OCH3 is 1. The van der Waals surface area contributed by atoms with Gasteiger partial charge in [0.2, 0.25) is 0 Å². The van der Waals surface area contributed by atoms with Gasteiger partial charge in [0.1, 0.15) is 12.4 Å². The van der Waals surface area contributed by atoms with Gasteiger partial charge in [-0.25, -0.2) is 9.79 Å². The van der Waals surface area contributed by atoms with Crippen molar-refractivity contribution in [2.75, 3.05) is 26.9 Å². The third-order valence-electron chi connectivity index (χ3n) is 5.25. The second-order valence-corrected chi connectivity index (χ2v) is 9.63. The van der Waals surface area contributed by atoms with Crippen LogP contribution in [0.5, 0.6) is 5.75 Å². The molecule has 0 aliphatic carbocycles. The van der Waals surface area contributed by atoms with Crippen molar-refractivity contribution in [3.8, 4) is 5.75 Å². The molecule has 9 heteroatoms. The van der Waals surface area contributed by atoms with Gasteiger partial charge in [-0.3, -0.25) is 9.36 Å². The first kappa shape index (κ1) is 24.1. The van der Waals surface area contributed by atoms with Crippen LogP contribution in [0.2, 0.25) is 0 Å². The van der Waals surface area contributed by atoms with E-state index in [9.17, 15) is 9.59 Å². The van der Waals surface area contributed by atoms with Crippen LogP contribution in [0.1, 0.15) is 36.8 Å². The molecule has 1 unspecified atom stereocenters. The summed E-state index contributed by atoms with van der Waals surface area (Å²) in [5, 5.41) is 1.96. The Bertz CT molecular complexity index is 1350. The van der Waals surface area contributed by atoms with E-state index >= 15 is 0 Å². The summed E-state index contributed by atoms with van der Waals surface area (Å²) in [6, 6.07) is 10.7. The number of carbonyl (C=O) groups excluding carboxylic acids is 1. The van der Waals surface area contributed by atoms with Gasteiger partial charge < -0.3 is 14.2 Å². The van der Waals surface area contributed by atoms with Crippen LogP contribution < -0.4 is 19.6 Å². The Kier molecular flexibility index (Phi) is 7.77. The highest BCUT2D eigenvalue weighted by atomic mass is 32.1. The third kappa shape index (κ3) is 5.06. The molecule has 0 amide bonds. The molecule has 0 radical (unpaired) electrons. The van der Waals surface area contributed by atoms with E-state index in [1.165, 1.54) is 11.3 Å². The first-order valence-corrected chi connectivity index (χ1v) is 12.7. The van der Waals surface area contributed by atoms with Gasteiger partial charge in [0.25, 0.3) is 5.56 Å². The van der Waals surface area contributed by atoms with Crippen LogP contribution in [-0.2, 0) is 14.3 Å². The van der Waals surface area contributed by atoms with E-state index in [0.717, 1.165) is 22.6 Å². The van der Waals surface area contributed by atoms with E-state index < -0.39 is 12.0 Å². The summed E-state index contributed by atoms with van der Waals surface area (Å²) in [6.07, 6.45) is 2.77. The Morgan fingerprint density at radius 3 is 2.65 bits per heavy atom. The summed E-state index contributed by atoms with van der Waals surface area (Å²) in [7, 11) is 1.54. The summed E-state index contributed by atoms with van der Waals surface area (Å²) < 4.78 is 18.3. The van der Waals surface area contributed by atoms with Gasteiger partial charge in [0.05, 0.1) is 35.1 Å². The molecular weight excluding hydrogens is 472 g/mol. The molecule has 1 aliphatic rings. The van der Waals surface area contributed by atoms with Crippen molar-refractivity contribution in [1.82, 2.24) is 4.57 Å². The number of hydrogen-bond donors (Lipinski definition) is 0. The zero-order chi connectivity index (χ0) is 24.1. The molecule has 0 N–H and O–H groups in total. The molecule has 34 heavy (non-hydrogen) atoms. The van der Waals surface area contributed by atoms with Crippen LogP contribution in [0.25, 0.3) is 6.08 Å². The minimum absolute atomic E-state index is 0.116. The normalized spacial score (nSPS) is 15.7. The molecule has 0 saturated carbocycles. The van der Waals surface area contributed by atoms with Gasteiger partial charge in [0.15, 0.2) is 4.80 Å². The molecule has 4 rings (SSSR count). The zero-order valence-corrected chi connectivity index (χ0v) is 20.9. The quantitative estimate of drug-likeness (QED) is 0.334. The first-order valence-electron chi connectivity index (χ1n) is 11.0. The lowest BCUT2D eigenvalue weighted by molar-refractivity contribution is -0.140. The first-order chi connectivity index (χ1) is 16.5. The number of carbonyl (C=O) groups is 1. The summed E-state index contributed by atoms with van der Waals surface area (Å²) in [5.41, 5.74) is 1.46. The maximum atomic E-state index is 13.5. The largest absolute Gasteiger partial charge is 0.494 e. The van der Waals surface area contributed by atoms with Gasteiger partial charge in [-0.2, -0.15) is 0 Å². The molecule has 0 saturated heterocycles. The molecule has 1 aromatic carbocycles. The Labute approximate surface area is 205 Å². The number of fused-ring (bicyclic) bond motifs is 1. The van der Waals surface area contributed by atoms with Crippen LogP contribution in [0.4, 0.5) is 0 Å². The van der Waals surface area contributed by atoms with Gasteiger partial charge >= 0.3 is 5.97 Å². The average Bonchev–Trinajstić information content (AvgIpc) is 3.45. The molecule has 0 spiro atoms. The number of rotatable bonds is 9. The highest BCUT2D eigenvalue weighted by Crippen LogP contribution is 2.31. The van der Waals surface area contributed by atoms with Gasteiger partial charge in [-0.1, -0.05) is 36.5 Å². The van der Waals surface area contributed by atoms with Crippen LogP contribution >= 0.6 is 22.7 Å². The minimum Gasteiger partial charge on any atom is -0.494 e. The number of allylic oxidation sites excluding steroid dienone is 1. The Morgan fingerprint density at radius 1 is 1.18 bits per heavy atom. The van der Waals surface area contributed by atoms with Crippen LogP contribution in [0, 0.1) is 0 Å². The Balaban J connectivity index is 1.83. The van der Waals surface area contributed by atoms with E-state index in [1.807, 2.05) is 54.8 Å². The van der Waals surface area contributed by atoms with Crippen molar-refractivity contribution >= 4 is 34.7 Å². The minimum atomic E-state index is -0.656. The molecule has 2 aromatic heterocycles. The number of benzene rings is 1. The van der Waals surface area contributed by atoms with Crippen LogP contribution in [0.15, 0.2) is 62.8 Å². The summed E-state index contributed by atoms with van der Waals surface area (Å²) in [6.45, 7) is 4.84. The number of thiophene rings is 1. The van der Waals surface area contributed by atoms with E-state index in [-0.39, 0.29) is 18.8 Å². The number of ether oxygens (including phenoxy) is 3. The molecule has 0 fully saturated rings. The fourth-order valence-corrected chi connectivity index (χ4v) is 5.43. The SMILES string of the molecule is CCCOc1ccc(C2C(C(=O)OCCOC)=C(C)N=c3s/c(=C/c4cccs4)c(=O)n32)cc1. The van der Waals surface area contributed by atoms with Crippen molar-refractivity contribution in [3.63, 3.8) is 0 Å². The van der Waals surface area contributed by atoms with Crippen molar-refractivity contribution in [3.05, 3.63) is 83.2 Å². The molecular formula is C25H26N2O5S2. The smallest absolute Gasteiger partial charge is 0.338 e. The van der Waals surface area contributed by atoms with E-state index in [0.29, 0.717) is 27.2 Å². The highest BCUT2D eigenvalue weighted by Gasteiger charge is 2.33. The topological polar surface area (TPSA) is 79.1 Å². The molecule has 7 nitrogen and oxygen atoms in total. The molecule has 178 valence electrons. The fraction of sp³-hybridized carbons (Fsp3) is 0.320. The lowest BCUT2D eigenvalue weighted by atomic mass is 9.96. The highest BCUT2D eigenvalue weighted by molar-refractivity contribution is 7.11. The summed E-state index contributed by atoms with van der Waals surface area (Å²) in [5.74, 6) is 0.225. The van der Waals surface area contributed by atoms with Crippen molar-refractivity contribution in [2.24, 2.45) is 4.99 Å². The summed E-state index contributed by atoms with van der Waals surface area (Å²) >= 11 is 2.87. The van der Waals surface area contributed by atoms with E-state index in [2.05, 4.69) is 4.99 Å². The van der Waals surface area contributed by atoms with Gasteiger partial charge in [-0.05, 0) is 48.6 Å². The third-order valence-corrected chi connectivity index (χ3v) is 7.05. The molecule has 3 heterocycles. The predicted octanol–water partition coefficient (Wildman–Crippen LogP) is 3.28. The maximum absolute atomic E-state index is 13.5. The fourth-order valence-electron chi connectivity index (χ4n) is 3.66. The summed E-state index contributed by atoms with van der Waals surface area (Å²) in [4.78, 5) is 32.8. The lowest BCUT2D eigenvalue weighted by Gasteiger charge is -2.25. The molecule has 1 atom stereocenters. The Morgan fingerprint density at radius 2 is 1.97 bits per heavy atom. The second kappa shape index (κ2) is 10.9. The van der Waals surface area contributed by atoms with Gasteiger partial charge in [-0.15, -0.1) is 11.3 Å². The second-order valence-electron chi connectivity index (χ2n) is 7.64. The van der Waals surface area contributed by atoms with Crippen molar-refractivity contribution in [2.45, 2.75) is 26.3 Å². The van der Waals surface area contributed by atoms with Crippen molar-refractivity contribution < 1.29 is 19.0 Å². The maximum Gasteiger partial charge on any atom is 0.338 e. The van der Waals surface area contributed by atoms with E-state index in [4.69, 9.17) is 14.2 Å². The van der Waals surface area contributed by atoms with Crippen LogP contribution in [0.3, 0.4) is 0 Å². The van der Waals surface area contributed by atoms with Crippen LogP contribution in [-0.4, -0.2) is 37.5 Å². The number of nitrogens with zero attached hydrogens (tertiary/aromatic N) is 2. The predicted molar refractivity (Wildman–Crippen MR) is 133 cm³/mol. The monoisotopic (exact) mass is 498 g/mol. The average molecular weight is 499 g/mol. The standard InChI is InChI=1S/C25H26N2O5S2/c1-4-11-31-18-9-7-17(8-10-18)22-21(24(29)32-13-12-30-3)16(2)26-25-27(22)23(28)20(34-25)15-19-6-5-14-33-19/h5-10,14-15,22H,4,11-13H2,1-3H3/b20-15+. The van der Waals surface area contributed by atoms with E-state index in [1.54, 1.807) is 29.9 Å². The number of aromatic nitrogens is 1. The zero-order valence-electron chi connectivity index (χ0n) is 19.3. The number of esters is 1. The van der Waals surface area contributed by atoms with Gasteiger partial charge in [0, 0.05) is 12.0 Å².